The van der Waals surface area contributed by atoms with Crippen LogP contribution in [0.2, 0.25) is 0 Å². The minimum Gasteiger partial charge on any atom is -0.354 e. The normalized spacial score (nSPS) is 49.7. The van der Waals surface area contributed by atoms with E-state index in [0.29, 0.717) is 13.1 Å². The van der Waals surface area contributed by atoms with Crippen LogP contribution in [0.15, 0.2) is 0 Å². The fourth-order valence-electron chi connectivity index (χ4n) is 5.78. The molecular formula is C19H31F3N4O. The third-order valence-electron chi connectivity index (χ3n) is 7.08. The van der Waals surface area contributed by atoms with Gasteiger partial charge in [0.1, 0.15) is 12.3 Å². The number of carbonyl (C=O) groups is 1. The number of amides is 1. The summed E-state index contributed by atoms with van der Waals surface area (Å²) in [5, 5.41) is 13.1. The van der Waals surface area contributed by atoms with Crippen molar-refractivity contribution in [1.29, 1.82) is 0 Å². The molecule has 5 nitrogen and oxygen atoms in total. The second kappa shape index (κ2) is 7.52. The Kier molecular flexibility index (Phi) is 5.42. The maximum Gasteiger partial charge on any atom is 0.224 e. The van der Waals surface area contributed by atoms with Gasteiger partial charge >= 0.3 is 0 Å². The molecule has 4 aliphatic rings. The predicted molar refractivity (Wildman–Crippen MR) is 96.3 cm³/mol. The van der Waals surface area contributed by atoms with Crippen LogP contribution in [-0.2, 0) is 4.79 Å². The lowest BCUT2D eigenvalue weighted by Gasteiger charge is -2.42. The van der Waals surface area contributed by atoms with E-state index in [9.17, 15) is 18.0 Å². The molecule has 3 heterocycles. The minimum atomic E-state index is -2.02. The van der Waals surface area contributed by atoms with Crippen molar-refractivity contribution in [2.45, 2.75) is 75.9 Å². The highest BCUT2D eigenvalue weighted by atomic mass is 19.2. The molecule has 10 atom stereocenters. The molecule has 4 N–H and O–H groups in total. The van der Waals surface area contributed by atoms with E-state index in [0.717, 1.165) is 12.8 Å². The lowest BCUT2D eigenvalue weighted by atomic mass is 9.72. The summed E-state index contributed by atoms with van der Waals surface area (Å²) in [6, 6.07) is -0.336. The van der Waals surface area contributed by atoms with Gasteiger partial charge in [0.2, 0.25) is 5.91 Å². The van der Waals surface area contributed by atoms with Crippen molar-refractivity contribution >= 4 is 5.91 Å². The van der Waals surface area contributed by atoms with Gasteiger partial charge in [-0.2, -0.15) is 0 Å². The van der Waals surface area contributed by atoms with Gasteiger partial charge in [-0.25, -0.2) is 13.2 Å². The monoisotopic (exact) mass is 388 g/mol. The van der Waals surface area contributed by atoms with Crippen molar-refractivity contribution < 1.29 is 18.0 Å². The lowest BCUT2D eigenvalue weighted by molar-refractivity contribution is -0.126. The molecule has 27 heavy (non-hydrogen) atoms. The molecule has 154 valence electrons. The van der Waals surface area contributed by atoms with Gasteiger partial charge in [0.05, 0.1) is 12.1 Å². The van der Waals surface area contributed by atoms with Crippen molar-refractivity contribution in [3.05, 3.63) is 0 Å². The van der Waals surface area contributed by atoms with E-state index in [1.165, 1.54) is 0 Å². The van der Waals surface area contributed by atoms with E-state index >= 15 is 0 Å². The van der Waals surface area contributed by atoms with Crippen LogP contribution in [0.25, 0.3) is 0 Å². The number of hydrogen-bond donors (Lipinski definition) is 4. The molecule has 1 saturated carbocycles. The highest BCUT2D eigenvalue weighted by Gasteiger charge is 2.54. The van der Waals surface area contributed by atoms with Crippen molar-refractivity contribution in [2.24, 2.45) is 23.7 Å². The van der Waals surface area contributed by atoms with Crippen LogP contribution in [0.1, 0.15) is 33.1 Å². The van der Waals surface area contributed by atoms with Gasteiger partial charge in [-0.1, -0.05) is 0 Å². The molecule has 0 aromatic rings. The maximum atomic E-state index is 14.2. The molecule has 1 amide bonds. The van der Waals surface area contributed by atoms with Crippen LogP contribution < -0.4 is 21.3 Å². The third-order valence-corrected chi connectivity index (χ3v) is 7.08. The fraction of sp³-hybridized carbons (Fsp3) is 0.947. The zero-order valence-corrected chi connectivity index (χ0v) is 15.9. The largest absolute Gasteiger partial charge is 0.354 e. The van der Waals surface area contributed by atoms with Gasteiger partial charge in [0.25, 0.3) is 0 Å². The smallest absolute Gasteiger partial charge is 0.224 e. The first kappa shape index (κ1) is 19.5. The molecule has 3 aliphatic heterocycles. The van der Waals surface area contributed by atoms with Gasteiger partial charge in [-0.05, 0) is 44.9 Å². The molecule has 4 rings (SSSR count). The molecule has 8 heteroatoms. The van der Waals surface area contributed by atoms with Crippen molar-refractivity contribution in [3.8, 4) is 0 Å². The average Bonchev–Trinajstić information content (AvgIpc) is 3.22. The highest BCUT2D eigenvalue weighted by molar-refractivity contribution is 5.80. The van der Waals surface area contributed by atoms with Crippen LogP contribution in [0.4, 0.5) is 13.2 Å². The topological polar surface area (TPSA) is 65.2 Å². The second-order valence-corrected chi connectivity index (χ2v) is 9.07. The first-order chi connectivity index (χ1) is 12.9. The minimum absolute atomic E-state index is 0.0468. The number of carbonyl (C=O) groups excluding carboxylic acids is 1. The summed E-state index contributed by atoms with van der Waals surface area (Å²) in [6.45, 7) is 5.14. The van der Waals surface area contributed by atoms with Gasteiger partial charge in [-0.15, -0.1) is 0 Å². The number of piperidine rings is 1. The van der Waals surface area contributed by atoms with Gasteiger partial charge in [0, 0.05) is 37.1 Å². The summed E-state index contributed by atoms with van der Waals surface area (Å²) in [6.07, 6.45) is -3.59. The molecule has 0 aromatic heterocycles. The van der Waals surface area contributed by atoms with E-state index in [2.05, 4.69) is 21.3 Å². The summed E-state index contributed by atoms with van der Waals surface area (Å²) < 4.78 is 41.9. The standard InChI is InChI=1S/C19H31F3N4O/c1-8(2)25-19(27)12-7-24-18-9(12)3-4-14(26-18)11-6-23-17-10(11)5-13(20)15(21)16(17)22/h8-18,23-24,26H,3-7H2,1-2H3,(H,25,27). The molecule has 4 fully saturated rings. The van der Waals surface area contributed by atoms with Gasteiger partial charge in [0.15, 0.2) is 6.17 Å². The highest BCUT2D eigenvalue weighted by Crippen LogP contribution is 2.43. The Bertz CT molecular complexity index is 565. The number of alkyl halides is 3. The van der Waals surface area contributed by atoms with E-state index in [-0.39, 0.29) is 54.2 Å². The third kappa shape index (κ3) is 3.49. The Morgan fingerprint density at radius 2 is 1.78 bits per heavy atom. The Labute approximate surface area is 158 Å². The van der Waals surface area contributed by atoms with Crippen LogP contribution >= 0.6 is 0 Å². The van der Waals surface area contributed by atoms with E-state index in [4.69, 9.17) is 0 Å². The SMILES string of the molecule is CC(C)NC(=O)C1CNC2NC(C3CNC4C(F)C(F)C(F)CC34)CCC21. The van der Waals surface area contributed by atoms with Crippen LogP contribution in [0, 0.1) is 23.7 Å². The molecule has 0 spiro atoms. The molecule has 0 aromatic carbocycles. The van der Waals surface area contributed by atoms with Gasteiger partial charge in [-0.3, -0.25) is 10.1 Å². The molecule has 0 radical (unpaired) electrons. The summed E-state index contributed by atoms with van der Waals surface area (Å²) in [7, 11) is 0. The summed E-state index contributed by atoms with van der Waals surface area (Å²) in [5.41, 5.74) is 0. The molecule has 0 bridgehead atoms. The van der Waals surface area contributed by atoms with Gasteiger partial charge < -0.3 is 16.0 Å². The molecular weight excluding hydrogens is 357 g/mol. The maximum absolute atomic E-state index is 14.2. The Morgan fingerprint density at radius 3 is 2.52 bits per heavy atom. The number of fused-ring (bicyclic) bond motifs is 2. The lowest BCUT2D eigenvalue weighted by Crippen LogP contribution is -2.57. The Hall–Kier alpha value is -0.860. The van der Waals surface area contributed by atoms with Crippen LogP contribution in [0.5, 0.6) is 0 Å². The average molecular weight is 388 g/mol. The molecule has 1 aliphatic carbocycles. The number of rotatable bonds is 3. The zero-order valence-electron chi connectivity index (χ0n) is 15.9. The van der Waals surface area contributed by atoms with Crippen molar-refractivity contribution in [1.82, 2.24) is 21.3 Å². The Balaban J connectivity index is 1.39. The van der Waals surface area contributed by atoms with E-state index in [1.807, 2.05) is 13.8 Å². The van der Waals surface area contributed by atoms with Crippen LogP contribution in [-0.4, -0.2) is 61.8 Å². The first-order valence-electron chi connectivity index (χ1n) is 10.3. The quantitative estimate of drug-likeness (QED) is 0.584. The molecule has 3 saturated heterocycles. The fourth-order valence-corrected chi connectivity index (χ4v) is 5.78. The second-order valence-electron chi connectivity index (χ2n) is 9.07. The number of halogens is 3. The number of nitrogens with one attached hydrogen (secondary N) is 4. The van der Waals surface area contributed by atoms with Crippen molar-refractivity contribution in [3.63, 3.8) is 0 Å². The van der Waals surface area contributed by atoms with Crippen LogP contribution in [0.3, 0.4) is 0 Å². The van der Waals surface area contributed by atoms with E-state index in [1.54, 1.807) is 0 Å². The Morgan fingerprint density at radius 1 is 1.00 bits per heavy atom. The summed E-state index contributed by atoms with van der Waals surface area (Å²) in [4.78, 5) is 12.4. The number of hydrogen-bond acceptors (Lipinski definition) is 4. The zero-order chi connectivity index (χ0) is 19.3. The molecule has 10 unspecified atom stereocenters. The van der Waals surface area contributed by atoms with E-state index < -0.39 is 24.6 Å². The summed E-state index contributed by atoms with van der Waals surface area (Å²) >= 11 is 0. The van der Waals surface area contributed by atoms with Crippen molar-refractivity contribution in [2.75, 3.05) is 13.1 Å². The first-order valence-corrected chi connectivity index (χ1v) is 10.3. The summed E-state index contributed by atoms with van der Waals surface area (Å²) in [5.74, 6) is 0.180. The predicted octanol–water partition coefficient (Wildman–Crippen LogP) is 1.05.